The van der Waals surface area contributed by atoms with Crippen LogP contribution in [0.3, 0.4) is 0 Å². The fourth-order valence-corrected chi connectivity index (χ4v) is 4.92. The van der Waals surface area contributed by atoms with Crippen molar-refractivity contribution in [3.05, 3.63) is 0 Å². The van der Waals surface area contributed by atoms with Crippen molar-refractivity contribution in [3.63, 3.8) is 0 Å². The summed E-state index contributed by atoms with van der Waals surface area (Å²) in [5.41, 5.74) is -0.937. The normalized spacial score (nSPS) is 11.6. The van der Waals surface area contributed by atoms with Crippen LogP contribution in [0.5, 0.6) is 0 Å². The Balaban J connectivity index is 3.34. The Labute approximate surface area is 316 Å². The van der Waals surface area contributed by atoms with E-state index in [-0.39, 0.29) is 24.0 Å². The molecule has 8 N–H and O–H groups in total. The van der Waals surface area contributed by atoms with Crippen molar-refractivity contribution in [2.45, 2.75) is 143 Å². The van der Waals surface area contributed by atoms with Gasteiger partial charge in [0, 0.05) is 39.0 Å². The highest BCUT2D eigenvalue weighted by molar-refractivity contribution is 5.76. The van der Waals surface area contributed by atoms with Gasteiger partial charge in [-0.1, -0.05) is 12.8 Å². The minimum Gasteiger partial charge on any atom is -0.444 e. The lowest BCUT2D eigenvalue weighted by Gasteiger charge is -2.19. The van der Waals surface area contributed by atoms with E-state index >= 15 is 0 Å². The van der Waals surface area contributed by atoms with E-state index in [0.717, 1.165) is 129 Å². The molecule has 0 spiro atoms. The Morgan fingerprint density at radius 1 is 0.346 bits per heavy atom. The quantitative estimate of drug-likeness (QED) is 0.0456. The summed E-state index contributed by atoms with van der Waals surface area (Å²) in [6.07, 6.45) is 11.9. The molecule has 0 rings (SSSR count). The number of carbonyl (C=O) groups excluding carboxylic acids is 4. The second-order valence-corrected chi connectivity index (χ2v) is 15.3. The molecule has 0 unspecified atom stereocenters. The smallest absolute Gasteiger partial charge is 0.407 e. The summed E-state index contributed by atoms with van der Waals surface area (Å²) in [7, 11) is 0. The molecule has 0 saturated carbocycles. The third-order valence-corrected chi connectivity index (χ3v) is 7.57. The predicted molar refractivity (Wildman–Crippen MR) is 211 cm³/mol. The number of ether oxygens (including phenoxy) is 2. The van der Waals surface area contributed by atoms with Gasteiger partial charge in [-0.2, -0.15) is 0 Å². The van der Waals surface area contributed by atoms with Gasteiger partial charge in [0.15, 0.2) is 0 Å². The molecule has 0 heterocycles. The van der Waals surface area contributed by atoms with Gasteiger partial charge in [0.1, 0.15) is 11.2 Å². The summed E-state index contributed by atoms with van der Waals surface area (Å²) in [4.78, 5) is 47.3. The molecule has 0 atom stereocenters. The van der Waals surface area contributed by atoms with E-state index in [1.54, 1.807) is 0 Å². The molecule has 0 aliphatic carbocycles. The SMILES string of the molecule is CC(C)(C)OC(=O)NCCCNCCCCNCCCNC(=O)CCCCCCC(=O)NCCCNCCCCNCCCNC(=O)OC(C)(C)C. The number of hydrogen-bond donors (Lipinski definition) is 8. The van der Waals surface area contributed by atoms with Crippen LogP contribution >= 0.6 is 0 Å². The molecular formula is C38H78N8O6. The summed E-state index contributed by atoms with van der Waals surface area (Å²) in [6.45, 7) is 21.1. The topological polar surface area (TPSA) is 183 Å². The maximum absolute atomic E-state index is 12.1. The van der Waals surface area contributed by atoms with Crippen LogP contribution in [0.1, 0.15) is 131 Å². The zero-order valence-electron chi connectivity index (χ0n) is 33.8. The lowest BCUT2D eigenvalue weighted by molar-refractivity contribution is -0.122. The molecule has 306 valence electrons. The fraction of sp³-hybridized carbons (Fsp3) is 0.895. The third-order valence-electron chi connectivity index (χ3n) is 7.57. The first kappa shape index (κ1) is 49.3. The first-order valence-electron chi connectivity index (χ1n) is 20.1. The summed E-state index contributed by atoms with van der Waals surface area (Å²) in [5.74, 6) is 0.217. The second-order valence-electron chi connectivity index (χ2n) is 15.3. The van der Waals surface area contributed by atoms with Crippen LogP contribution in [0.25, 0.3) is 0 Å². The molecule has 14 nitrogen and oxygen atoms in total. The summed E-state index contributed by atoms with van der Waals surface area (Å²) in [6, 6.07) is 0. The van der Waals surface area contributed by atoms with Gasteiger partial charge in [-0.3, -0.25) is 9.59 Å². The van der Waals surface area contributed by atoms with E-state index in [1.165, 1.54) is 0 Å². The molecule has 0 aliphatic rings. The minimum atomic E-state index is -0.468. The van der Waals surface area contributed by atoms with E-state index in [9.17, 15) is 19.2 Å². The monoisotopic (exact) mass is 743 g/mol. The van der Waals surface area contributed by atoms with Gasteiger partial charge in [-0.05, 0) is 158 Å². The van der Waals surface area contributed by atoms with Gasteiger partial charge in [-0.25, -0.2) is 9.59 Å². The zero-order valence-corrected chi connectivity index (χ0v) is 33.8. The number of nitrogens with one attached hydrogen (secondary N) is 8. The van der Waals surface area contributed by atoms with Crippen LogP contribution in [0.4, 0.5) is 9.59 Å². The maximum Gasteiger partial charge on any atom is 0.407 e. The van der Waals surface area contributed by atoms with Crippen molar-refractivity contribution < 1.29 is 28.7 Å². The Morgan fingerprint density at radius 3 is 0.904 bits per heavy atom. The standard InChI is InChI=1S/C38H78N8O6/c1-37(2,3)51-35(49)45-31-17-27-41-23-13-11-21-39-25-15-29-43-33(47)19-9-7-8-10-20-34(48)44-30-16-26-40-22-12-14-24-42-28-18-32-46-36(50)52-38(4,5)6/h39-42H,7-32H2,1-6H3,(H,43,47)(H,44,48)(H,45,49)(H,46,50). The molecule has 0 aliphatic heterocycles. The first-order chi connectivity index (χ1) is 24.8. The number of alkyl carbamates (subject to hydrolysis) is 2. The van der Waals surface area contributed by atoms with Crippen LogP contribution in [-0.2, 0) is 19.1 Å². The Hall–Kier alpha value is -2.68. The molecule has 0 saturated heterocycles. The average Bonchev–Trinajstić information content (AvgIpc) is 3.05. The third kappa shape index (κ3) is 40.1. The lowest BCUT2D eigenvalue weighted by Crippen LogP contribution is -2.34. The van der Waals surface area contributed by atoms with Crippen molar-refractivity contribution in [3.8, 4) is 0 Å². The summed E-state index contributed by atoms with van der Waals surface area (Å²) >= 11 is 0. The van der Waals surface area contributed by atoms with E-state index in [4.69, 9.17) is 9.47 Å². The summed E-state index contributed by atoms with van der Waals surface area (Å²) < 4.78 is 10.4. The Morgan fingerprint density at radius 2 is 0.615 bits per heavy atom. The van der Waals surface area contributed by atoms with E-state index in [0.29, 0.717) is 39.0 Å². The lowest BCUT2D eigenvalue weighted by atomic mass is 10.1. The van der Waals surface area contributed by atoms with E-state index in [1.807, 2.05) is 41.5 Å². The number of carbonyl (C=O) groups is 4. The molecule has 0 fully saturated rings. The van der Waals surface area contributed by atoms with Gasteiger partial charge in [0.25, 0.3) is 0 Å². The zero-order chi connectivity index (χ0) is 38.8. The Bertz CT molecular complexity index is 839. The van der Waals surface area contributed by atoms with Crippen LogP contribution < -0.4 is 42.5 Å². The highest BCUT2D eigenvalue weighted by Gasteiger charge is 2.16. The predicted octanol–water partition coefficient (Wildman–Crippen LogP) is 4.09. The molecule has 0 aromatic carbocycles. The number of hydrogen-bond acceptors (Lipinski definition) is 10. The molecule has 4 amide bonds. The molecule has 0 bridgehead atoms. The number of amides is 4. The highest BCUT2D eigenvalue weighted by Crippen LogP contribution is 2.07. The van der Waals surface area contributed by atoms with Crippen molar-refractivity contribution >= 4 is 24.0 Å². The highest BCUT2D eigenvalue weighted by atomic mass is 16.6. The van der Waals surface area contributed by atoms with Gasteiger partial charge < -0.3 is 52.0 Å². The first-order valence-corrected chi connectivity index (χ1v) is 20.1. The average molecular weight is 743 g/mol. The largest absolute Gasteiger partial charge is 0.444 e. The van der Waals surface area contributed by atoms with Crippen molar-refractivity contribution in [2.75, 3.05) is 78.5 Å². The summed E-state index contributed by atoms with van der Waals surface area (Å²) in [5, 5.41) is 25.2. The van der Waals surface area contributed by atoms with Crippen LogP contribution in [0.15, 0.2) is 0 Å². The molecule has 0 radical (unpaired) electrons. The fourth-order valence-electron chi connectivity index (χ4n) is 4.92. The van der Waals surface area contributed by atoms with Crippen molar-refractivity contribution in [1.29, 1.82) is 0 Å². The maximum atomic E-state index is 12.1. The van der Waals surface area contributed by atoms with Crippen LogP contribution in [0.2, 0.25) is 0 Å². The number of unbranched alkanes of at least 4 members (excludes halogenated alkanes) is 5. The molecular weight excluding hydrogens is 664 g/mol. The van der Waals surface area contributed by atoms with Crippen LogP contribution in [-0.4, -0.2) is 114 Å². The van der Waals surface area contributed by atoms with Crippen molar-refractivity contribution in [2.24, 2.45) is 0 Å². The van der Waals surface area contributed by atoms with Crippen LogP contribution in [0, 0.1) is 0 Å². The van der Waals surface area contributed by atoms with E-state index in [2.05, 4.69) is 42.5 Å². The number of rotatable bonds is 33. The molecule has 52 heavy (non-hydrogen) atoms. The second kappa shape index (κ2) is 32.9. The van der Waals surface area contributed by atoms with Gasteiger partial charge in [-0.15, -0.1) is 0 Å². The molecule has 14 heteroatoms. The minimum absolute atomic E-state index is 0.108. The van der Waals surface area contributed by atoms with Gasteiger partial charge in [0.2, 0.25) is 11.8 Å². The molecule has 0 aromatic rings. The van der Waals surface area contributed by atoms with Gasteiger partial charge >= 0.3 is 12.2 Å². The van der Waals surface area contributed by atoms with Crippen molar-refractivity contribution in [1.82, 2.24) is 42.5 Å². The van der Waals surface area contributed by atoms with Gasteiger partial charge in [0.05, 0.1) is 0 Å². The Kier molecular flexibility index (Phi) is 31.2. The molecule has 0 aromatic heterocycles. The van der Waals surface area contributed by atoms with E-state index < -0.39 is 11.2 Å².